The van der Waals surface area contributed by atoms with E-state index in [1.165, 1.54) is 38.6 Å². The van der Waals surface area contributed by atoms with Crippen molar-refractivity contribution in [3.05, 3.63) is 0 Å². The van der Waals surface area contributed by atoms with Crippen molar-refractivity contribution in [2.75, 3.05) is 39.9 Å². The number of likely N-dealkylation sites (tertiary alicyclic amines) is 1. The van der Waals surface area contributed by atoms with Gasteiger partial charge in [-0.3, -0.25) is 9.80 Å². The lowest BCUT2D eigenvalue weighted by Crippen LogP contribution is -2.60. The zero-order chi connectivity index (χ0) is 14.6. The third-order valence-electron chi connectivity index (χ3n) is 5.33. The molecule has 2 N–H and O–H groups in total. The van der Waals surface area contributed by atoms with E-state index in [-0.39, 0.29) is 5.54 Å². The molecule has 0 aromatic carbocycles. The van der Waals surface area contributed by atoms with Crippen molar-refractivity contribution in [3.8, 4) is 0 Å². The van der Waals surface area contributed by atoms with Crippen LogP contribution in [0.2, 0.25) is 0 Å². The van der Waals surface area contributed by atoms with E-state index >= 15 is 0 Å². The van der Waals surface area contributed by atoms with Gasteiger partial charge in [-0.25, -0.2) is 0 Å². The van der Waals surface area contributed by atoms with Crippen LogP contribution in [0.1, 0.15) is 46.0 Å². The normalized spacial score (nSPS) is 27.9. The fourth-order valence-corrected chi connectivity index (χ4v) is 3.88. The molecule has 20 heavy (non-hydrogen) atoms. The van der Waals surface area contributed by atoms with Gasteiger partial charge in [-0.05, 0) is 32.1 Å². The van der Waals surface area contributed by atoms with Crippen LogP contribution in [-0.2, 0) is 4.74 Å². The molecule has 118 valence electrons. The SMILES string of the molecule is CCC(CC)N(CCOC)C1(CN)CCN(C2CC2)C1. The molecule has 4 heteroatoms. The van der Waals surface area contributed by atoms with Crippen molar-refractivity contribution in [1.82, 2.24) is 9.80 Å². The van der Waals surface area contributed by atoms with Gasteiger partial charge in [-0.15, -0.1) is 0 Å². The third-order valence-corrected chi connectivity index (χ3v) is 5.33. The van der Waals surface area contributed by atoms with E-state index in [2.05, 4.69) is 23.6 Å². The summed E-state index contributed by atoms with van der Waals surface area (Å²) >= 11 is 0. The number of nitrogens with two attached hydrogens (primary N) is 1. The van der Waals surface area contributed by atoms with Gasteiger partial charge in [0.1, 0.15) is 0 Å². The predicted molar refractivity (Wildman–Crippen MR) is 83.9 cm³/mol. The molecule has 1 saturated carbocycles. The molecule has 1 saturated heterocycles. The van der Waals surface area contributed by atoms with E-state index in [4.69, 9.17) is 10.5 Å². The van der Waals surface area contributed by atoms with Gasteiger partial charge in [0.2, 0.25) is 0 Å². The van der Waals surface area contributed by atoms with E-state index in [9.17, 15) is 0 Å². The minimum Gasteiger partial charge on any atom is -0.383 e. The van der Waals surface area contributed by atoms with E-state index in [1.54, 1.807) is 7.11 Å². The molecule has 2 aliphatic rings. The van der Waals surface area contributed by atoms with Gasteiger partial charge in [-0.1, -0.05) is 13.8 Å². The zero-order valence-corrected chi connectivity index (χ0v) is 13.6. The maximum atomic E-state index is 6.26. The molecule has 0 amide bonds. The van der Waals surface area contributed by atoms with Crippen molar-refractivity contribution < 1.29 is 4.74 Å². The van der Waals surface area contributed by atoms with E-state index < -0.39 is 0 Å². The van der Waals surface area contributed by atoms with Gasteiger partial charge in [0.15, 0.2) is 0 Å². The van der Waals surface area contributed by atoms with Gasteiger partial charge in [-0.2, -0.15) is 0 Å². The predicted octanol–water partition coefficient (Wildman–Crippen LogP) is 1.69. The van der Waals surface area contributed by atoms with Crippen LogP contribution in [0.5, 0.6) is 0 Å². The molecule has 0 bridgehead atoms. The van der Waals surface area contributed by atoms with Gasteiger partial charge < -0.3 is 10.5 Å². The molecule has 1 heterocycles. The first-order chi connectivity index (χ1) is 9.70. The molecule has 1 aliphatic heterocycles. The quantitative estimate of drug-likeness (QED) is 0.699. The van der Waals surface area contributed by atoms with Crippen molar-refractivity contribution >= 4 is 0 Å². The first kappa shape index (κ1) is 16.2. The smallest absolute Gasteiger partial charge is 0.0590 e. The monoisotopic (exact) mass is 283 g/mol. The third kappa shape index (κ3) is 3.35. The lowest BCUT2D eigenvalue weighted by atomic mass is 9.92. The number of ether oxygens (including phenoxy) is 1. The van der Waals surface area contributed by atoms with Crippen molar-refractivity contribution in [1.29, 1.82) is 0 Å². The van der Waals surface area contributed by atoms with Crippen LogP contribution in [0.4, 0.5) is 0 Å². The Labute approximate surface area is 124 Å². The molecule has 1 unspecified atom stereocenters. The van der Waals surface area contributed by atoms with E-state index in [0.717, 1.165) is 32.3 Å². The summed E-state index contributed by atoms with van der Waals surface area (Å²) in [6.07, 6.45) is 6.41. The highest BCUT2D eigenvalue weighted by molar-refractivity contribution is 5.04. The van der Waals surface area contributed by atoms with Crippen molar-refractivity contribution in [3.63, 3.8) is 0 Å². The summed E-state index contributed by atoms with van der Waals surface area (Å²) < 4.78 is 5.35. The Morgan fingerprint density at radius 1 is 1.35 bits per heavy atom. The van der Waals surface area contributed by atoms with Crippen LogP contribution in [0.3, 0.4) is 0 Å². The Balaban J connectivity index is 2.10. The maximum Gasteiger partial charge on any atom is 0.0590 e. The Bertz CT molecular complexity index is 291. The molecule has 2 fully saturated rings. The second kappa shape index (κ2) is 7.21. The number of hydrogen-bond donors (Lipinski definition) is 1. The van der Waals surface area contributed by atoms with Crippen LogP contribution in [-0.4, -0.2) is 67.3 Å². The zero-order valence-electron chi connectivity index (χ0n) is 13.6. The number of rotatable bonds is 9. The van der Waals surface area contributed by atoms with Crippen LogP contribution >= 0.6 is 0 Å². The largest absolute Gasteiger partial charge is 0.383 e. The summed E-state index contributed by atoms with van der Waals surface area (Å²) in [5, 5.41) is 0. The lowest BCUT2D eigenvalue weighted by Gasteiger charge is -2.45. The van der Waals surface area contributed by atoms with Gasteiger partial charge >= 0.3 is 0 Å². The lowest BCUT2D eigenvalue weighted by molar-refractivity contribution is 0.0237. The summed E-state index contributed by atoms with van der Waals surface area (Å²) in [5.41, 5.74) is 6.44. The summed E-state index contributed by atoms with van der Waals surface area (Å²) in [6, 6.07) is 1.49. The standard InChI is InChI=1S/C16H33N3O/c1-4-14(5-2)19(10-11-20-3)16(12-17)8-9-18(13-16)15-6-7-15/h14-15H,4-13,17H2,1-3H3. The highest BCUT2D eigenvalue weighted by Gasteiger charge is 2.47. The number of hydrogen-bond acceptors (Lipinski definition) is 4. The van der Waals surface area contributed by atoms with Crippen LogP contribution in [0.15, 0.2) is 0 Å². The highest BCUT2D eigenvalue weighted by atomic mass is 16.5. The average Bonchev–Trinajstić information content (AvgIpc) is 3.24. The average molecular weight is 283 g/mol. The Kier molecular flexibility index (Phi) is 5.84. The van der Waals surface area contributed by atoms with Crippen molar-refractivity contribution in [2.45, 2.75) is 63.6 Å². The molecular weight excluding hydrogens is 250 g/mol. The molecule has 0 radical (unpaired) electrons. The number of nitrogens with zero attached hydrogens (tertiary/aromatic N) is 2. The molecule has 1 aliphatic carbocycles. The minimum atomic E-state index is 0.178. The van der Waals surface area contributed by atoms with Gasteiger partial charge in [0.25, 0.3) is 0 Å². The topological polar surface area (TPSA) is 41.7 Å². The maximum absolute atomic E-state index is 6.26. The molecule has 0 aromatic rings. The highest BCUT2D eigenvalue weighted by Crippen LogP contribution is 2.37. The molecule has 2 rings (SSSR count). The fraction of sp³-hybridized carbons (Fsp3) is 1.00. The second-order valence-corrected chi connectivity index (χ2v) is 6.54. The first-order valence-corrected chi connectivity index (χ1v) is 8.40. The first-order valence-electron chi connectivity index (χ1n) is 8.40. The van der Waals surface area contributed by atoms with Crippen LogP contribution in [0.25, 0.3) is 0 Å². The van der Waals surface area contributed by atoms with E-state index in [0.29, 0.717) is 6.04 Å². The second-order valence-electron chi connectivity index (χ2n) is 6.54. The molecule has 4 nitrogen and oxygen atoms in total. The summed E-state index contributed by atoms with van der Waals surface area (Å²) in [4.78, 5) is 5.36. The Hall–Kier alpha value is -0.160. The molecule has 1 atom stereocenters. The fourth-order valence-electron chi connectivity index (χ4n) is 3.88. The van der Waals surface area contributed by atoms with Gasteiger partial charge in [0, 0.05) is 50.9 Å². The van der Waals surface area contributed by atoms with Gasteiger partial charge in [0.05, 0.1) is 6.61 Å². The molecule has 0 spiro atoms. The van der Waals surface area contributed by atoms with Crippen molar-refractivity contribution in [2.24, 2.45) is 5.73 Å². The number of methoxy groups -OCH3 is 1. The summed E-state index contributed by atoms with van der Waals surface area (Å²) in [7, 11) is 1.80. The van der Waals surface area contributed by atoms with E-state index in [1.807, 2.05) is 0 Å². The Morgan fingerprint density at radius 3 is 2.55 bits per heavy atom. The Morgan fingerprint density at radius 2 is 2.05 bits per heavy atom. The summed E-state index contributed by atoms with van der Waals surface area (Å²) in [5.74, 6) is 0. The molecular formula is C16H33N3O. The summed E-state index contributed by atoms with van der Waals surface area (Å²) in [6.45, 7) is 9.58. The minimum absolute atomic E-state index is 0.178. The van der Waals surface area contributed by atoms with Crippen LogP contribution in [0, 0.1) is 0 Å². The van der Waals surface area contributed by atoms with Crippen LogP contribution < -0.4 is 5.73 Å². The molecule has 0 aromatic heterocycles.